The quantitative estimate of drug-likeness (QED) is 0.736. The summed E-state index contributed by atoms with van der Waals surface area (Å²) >= 11 is 0. The Morgan fingerprint density at radius 3 is 2.52 bits per heavy atom. The number of amides is 1. The number of benzene rings is 1. The predicted octanol–water partition coefficient (Wildman–Crippen LogP) is 1.46. The lowest BCUT2D eigenvalue weighted by Gasteiger charge is -2.12. The molecule has 0 aliphatic rings. The summed E-state index contributed by atoms with van der Waals surface area (Å²) < 4.78 is 17.3. The van der Waals surface area contributed by atoms with Gasteiger partial charge in [0.2, 0.25) is 0 Å². The number of anilines is 1. The van der Waals surface area contributed by atoms with Crippen molar-refractivity contribution in [3.8, 4) is 5.75 Å². The molecule has 0 saturated carbocycles. The molecule has 3 N–H and O–H groups in total. The molecule has 0 fully saturated rings. The Labute approximate surface area is 130 Å². The molecule has 8 heteroatoms. The molecular formula is C15H13FN2O5. The summed E-state index contributed by atoms with van der Waals surface area (Å²) in [7, 11) is 1.12. The van der Waals surface area contributed by atoms with E-state index in [9.17, 15) is 24.2 Å². The number of methoxy groups -OCH3 is 1. The second-order valence-electron chi connectivity index (χ2n) is 4.46. The highest BCUT2D eigenvalue weighted by molar-refractivity contribution is 6.05. The summed E-state index contributed by atoms with van der Waals surface area (Å²) in [5.41, 5.74) is -0.272. The summed E-state index contributed by atoms with van der Waals surface area (Å²) in [6, 6.07) is 4.80. The molecule has 0 spiro atoms. The van der Waals surface area contributed by atoms with Gasteiger partial charge in [0.1, 0.15) is 5.82 Å². The Morgan fingerprint density at radius 1 is 1.30 bits per heavy atom. The molecule has 2 aromatic rings. The first-order valence-electron chi connectivity index (χ1n) is 6.44. The number of aliphatic hydroxyl groups excluding tert-OH is 1. The number of pyridine rings is 1. The zero-order chi connectivity index (χ0) is 17.0. The highest BCUT2D eigenvalue weighted by atomic mass is 19.1. The minimum absolute atomic E-state index is 0.0204. The van der Waals surface area contributed by atoms with Crippen LogP contribution in [-0.4, -0.2) is 34.2 Å². The number of rotatable bonds is 4. The van der Waals surface area contributed by atoms with Crippen molar-refractivity contribution in [2.45, 2.75) is 6.61 Å². The lowest BCUT2D eigenvalue weighted by molar-refractivity contribution is 0.0590. The van der Waals surface area contributed by atoms with Gasteiger partial charge in [0.05, 0.1) is 25.6 Å². The van der Waals surface area contributed by atoms with Crippen LogP contribution in [0.25, 0.3) is 0 Å². The summed E-state index contributed by atoms with van der Waals surface area (Å²) in [5, 5.41) is 21.8. The average Bonchev–Trinajstić information content (AvgIpc) is 2.55. The number of carbonyl (C=O) groups is 2. The highest BCUT2D eigenvalue weighted by Crippen LogP contribution is 2.28. The third-order valence-electron chi connectivity index (χ3n) is 3.05. The number of ether oxygens (including phenoxy) is 1. The van der Waals surface area contributed by atoms with Crippen molar-refractivity contribution >= 4 is 17.6 Å². The molecule has 0 radical (unpaired) electrons. The molecule has 0 atom stereocenters. The first-order valence-corrected chi connectivity index (χ1v) is 6.44. The van der Waals surface area contributed by atoms with Crippen LogP contribution in [0.1, 0.15) is 26.4 Å². The molecule has 0 bridgehead atoms. The van der Waals surface area contributed by atoms with Crippen LogP contribution in [-0.2, 0) is 11.3 Å². The van der Waals surface area contributed by atoms with E-state index >= 15 is 0 Å². The van der Waals surface area contributed by atoms with Gasteiger partial charge in [-0.1, -0.05) is 0 Å². The Balaban J connectivity index is 2.33. The number of nitrogens with zero attached hydrogens (tertiary/aromatic N) is 1. The largest absolute Gasteiger partial charge is 0.505 e. The van der Waals surface area contributed by atoms with Crippen LogP contribution in [0.3, 0.4) is 0 Å². The number of halogens is 1. The molecule has 0 aliphatic carbocycles. The third kappa shape index (κ3) is 3.43. The molecule has 1 amide bonds. The zero-order valence-corrected chi connectivity index (χ0v) is 12.0. The second-order valence-corrected chi connectivity index (χ2v) is 4.46. The van der Waals surface area contributed by atoms with Crippen LogP contribution in [0.4, 0.5) is 10.1 Å². The van der Waals surface area contributed by atoms with Gasteiger partial charge < -0.3 is 20.3 Å². The Morgan fingerprint density at radius 2 is 1.96 bits per heavy atom. The number of esters is 1. The maximum Gasteiger partial charge on any atom is 0.360 e. The van der Waals surface area contributed by atoms with E-state index in [1.165, 1.54) is 12.1 Å². The number of aliphatic hydroxyl groups is 1. The fourth-order valence-electron chi connectivity index (χ4n) is 1.85. The highest BCUT2D eigenvalue weighted by Gasteiger charge is 2.20. The van der Waals surface area contributed by atoms with Crippen molar-refractivity contribution in [2.24, 2.45) is 0 Å². The molecule has 1 heterocycles. The third-order valence-corrected chi connectivity index (χ3v) is 3.05. The normalized spacial score (nSPS) is 10.2. The molecule has 0 unspecified atom stereocenters. The van der Waals surface area contributed by atoms with Crippen molar-refractivity contribution < 1.29 is 28.9 Å². The number of nitrogens with one attached hydrogen (secondary N) is 1. The van der Waals surface area contributed by atoms with Gasteiger partial charge in [0, 0.05) is 11.1 Å². The first-order chi connectivity index (χ1) is 11.0. The zero-order valence-electron chi connectivity index (χ0n) is 12.0. The van der Waals surface area contributed by atoms with Gasteiger partial charge in [-0.05, 0) is 24.3 Å². The van der Waals surface area contributed by atoms with Crippen LogP contribution in [0.2, 0.25) is 0 Å². The number of hydrogen-bond acceptors (Lipinski definition) is 6. The van der Waals surface area contributed by atoms with E-state index in [0.717, 1.165) is 25.4 Å². The van der Waals surface area contributed by atoms with Crippen molar-refractivity contribution in [1.29, 1.82) is 0 Å². The van der Waals surface area contributed by atoms with E-state index < -0.39 is 30.1 Å². The molecule has 7 nitrogen and oxygen atoms in total. The van der Waals surface area contributed by atoms with Crippen molar-refractivity contribution in [2.75, 3.05) is 12.4 Å². The maximum atomic E-state index is 12.9. The van der Waals surface area contributed by atoms with E-state index in [1.54, 1.807) is 0 Å². The number of aromatic nitrogens is 1. The topological polar surface area (TPSA) is 109 Å². The van der Waals surface area contributed by atoms with Crippen LogP contribution < -0.4 is 5.32 Å². The molecule has 0 saturated heterocycles. The van der Waals surface area contributed by atoms with Crippen LogP contribution in [0.15, 0.2) is 30.5 Å². The van der Waals surface area contributed by atoms with Gasteiger partial charge in [-0.2, -0.15) is 0 Å². The standard InChI is InChI=1S/C15H13FN2O5/c1-23-15(22)12-13(20)10(7-19)11(6-17-12)18-14(21)8-2-4-9(16)5-3-8/h2-6,19-20H,7H2,1H3,(H,18,21). The lowest BCUT2D eigenvalue weighted by atomic mass is 10.1. The molecule has 1 aromatic heterocycles. The van der Waals surface area contributed by atoms with Crippen molar-refractivity contribution in [3.63, 3.8) is 0 Å². The minimum Gasteiger partial charge on any atom is -0.505 e. The van der Waals surface area contributed by atoms with Crippen LogP contribution in [0.5, 0.6) is 5.75 Å². The summed E-state index contributed by atoms with van der Waals surface area (Å²) in [6.45, 7) is -0.641. The fourth-order valence-corrected chi connectivity index (χ4v) is 1.85. The number of carbonyl (C=O) groups excluding carboxylic acids is 2. The molecule has 2 rings (SSSR count). The monoisotopic (exact) mass is 320 g/mol. The minimum atomic E-state index is -0.881. The van der Waals surface area contributed by atoms with E-state index in [4.69, 9.17) is 0 Å². The Hall–Kier alpha value is -3.00. The molecular weight excluding hydrogens is 307 g/mol. The van der Waals surface area contributed by atoms with E-state index in [-0.39, 0.29) is 22.5 Å². The molecule has 23 heavy (non-hydrogen) atoms. The molecule has 1 aromatic carbocycles. The molecule has 120 valence electrons. The van der Waals surface area contributed by atoms with E-state index in [2.05, 4.69) is 15.0 Å². The van der Waals surface area contributed by atoms with Gasteiger partial charge in [-0.3, -0.25) is 4.79 Å². The van der Waals surface area contributed by atoms with E-state index in [1.807, 2.05) is 0 Å². The summed E-state index contributed by atoms with van der Waals surface area (Å²) in [6.07, 6.45) is 1.11. The Kier molecular flexibility index (Phi) is 4.87. The number of hydrogen-bond donors (Lipinski definition) is 3. The molecule has 0 aliphatic heterocycles. The van der Waals surface area contributed by atoms with Gasteiger partial charge in [0.25, 0.3) is 5.91 Å². The Bertz CT molecular complexity index is 746. The summed E-state index contributed by atoms with van der Waals surface area (Å²) in [4.78, 5) is 27.2. The first kappa shape index (κ1) is 16.4. The maximum absolute atomic E-state index is 12.9. The van der Waals surface area contributed by atoms with E-state index in [0.29, 0.717) is 0 Å². The summed E-state index contributed by atoms with van der Waals surface area (Å²) in [5.74, 6) is -2.55. The number of aromatic hydroxyl groups is 1. The fraction of sp³-hybridized carbons (Fsp3) is 0.133. The average molecular weight is 320 g/mol. The van der Waals surface area contributed by atoms with Gasteiger partial charge >= 0.3 is 5.97 Å². The van der Waals surface area contributed by atoms with Gasteiger partial charge in [-0.25, -0.2) is 14.2 Å². The smallest absolute Gasteiger partial charge is 0.360 e. The predicted molar refractivity (Wildman–Crippen MR) is 77.5 cm³/mol. The van der Waals surface area contributed by atoms with Crippen molar-refractivity contribution in [3.05, 3.63) is 53.1 Å². The lowest BCUT2D eigenvalue weighted by Crippen LogP contribution is -2.15. The van der Waals surface area contributed by atoms with Crippen LogP contribution in [0, 0.1) is 5.82 Å². The second kappa shape index (κ2) is 6.84. The SMILES string of the molecule is COC(=O)c1ncc(NC(=O)c2ccc(F)cc2)c(CO)c1O. The van der Waals surface area contributed by atoms with Gasteiger partial charge in [-0.15, -0.1) is 0 Å². The van der Waals surface area contributed by atoms with Crippen molar-refractivity contribution in [1.82, 2.24) is 4.98 Å². The van der Waals surface area contributed by atoms with Gasteiger partial charge in [0.15, 0.2) is 11.4 Å². The van der Waals surface area contributed by atoms with Crippen LogP contribution >= 0.6 is 0 Å².